The lowest BCUT2D eigenvalue weighted by Crippen LogP contribution is -2.45. The molecule has 5 aromatic rings. The standard InChI is InChI=1S/C23H22N10O3/c1-32-11-15(7-28-32)29-22-20(21(24)34)30-18(8-25-22)14-9-33(10-14)23-31-17-3-2-16(4-19(17)36-23)35-12-13-5-26-27-6-13/h2-8,11,14H,9-10,12H2,1H3,(H2,24,34)(H,25,29)(H,26,27). The minimum atomic E-state index is -0.656. The van der Waals surface area contributed by atoms with Gasteiger partial charge in [0.1, 0.15) is 17.9 Å². The van der Waals surface area contributed by atoms with Crippen molar-refractivity contribution in [1.29, 1.82) is 0 Å². The van der Waals surface area contributed by atoms with Gasteiger partial charge in [-0.3, -0.25) is 14.6 Å². The molecule has 182 valence electrons. The van der Waals surface area contributed by atoms with E-state index < -0.39 is 5.91 Å². The molecule has 6 rings (SSSR count). The fourth-order valence-corrected chi connectivity index (χ4v) is 3.95. The van der Waals surface area contributed by atoms with Crippen molar-refractivity contribution >= 4 is 34.5 Å². The highest BCUT2D eigenvalue weighted by atomic mass is 16.5. The molecule has 1 fully saturated rings. The van der Waals surface area contributed by atoms with Crippen molar-refractivity contribution < 1.29 is 13.9 Å². The Balaban J connectivity index is 1.13. The Morgan fingerprint density at radius 1 is 1.28 bits per heavy atom. The van der Waals surface area contributed by atoms with E-state index in [0.29, 0.717) is 54.2 Å². The molecular weight excluding hydrogens is 464 g/mol. The maximum Gasteiger partial charge on any atom is 0.298 e. The van der Waals surface area contributed by atoms with Crippen LogP contribution in [0.25, 0.3) is 11.1 Å². The first-order valence-electron chi connectivity index (χ1n) is 11.2. The van der Waals surface area contributed by atoms with Gasteiger partial charge in [-0.2, -0.15) is 15.2 Å². The molecule has 13 heteroatoms. The topological polar surface area (TPSA) is 166 Å². The van der Waals surface area contributed by atoms with Gasteiger partial charge in [-0.25, -0.2) is 9.97 Å². The first kappa shape index (κ1) is 21.6. The second-order valence-corrected chi connectivity index (χ2v) is 8.51. The van der Waals surface area contributed by atoms with Crippen molar-refractivity contribution in [3.63, 3.8) is 0 Å². The average molecular weight is 486 g/mol. The summed E-state index contributed by atoms with van der Waals surface area (Å²) in [4.78, 5) is 27.5. The van der Waals surface area contributed by atoms with E-state index in [1.54, 1.807) is 42.7 Å². The highest BCUT2D eigenvalue weighted by Crippen LogP contribution is 2.33. The molecule has 0 unspecified atom stereocenters. The molecule has 1 aromatic carbocycles. The molecule has 4 N–H and O–H groups in total. The summed E-state index contributed by atoms with van der Waals surface area (Å²) in [6.45, 7) is 1.65. The number of nitrogens with one attached hydrogen (secondary N) is 2. The Labute approximate surface area is 204 Å². The van der Waals surface area contributed by atoms with Gasteiger partial charge >= 0.3 is 0 Å². The number of nitrogens with zero attached hydrogens (tertiary/aromatic N) is 7. The fraction of sp³-hybridized carbons (Fsp3) is 0.217. The summed E-state index contributed by atoms with van der Waals surface area (Å²) in [7, 11) is 1.80. The zero-order valence-electron chi connectivity index (χ0n) is 19.3. The third-order valence-corrected chi connectivity index (χ3v) is 5.87. The van der Waals surface area contributed by atoms with Crippen molar-refractivity contribution in [2.45, 2.75) is 12.5 Å². The number of carbonyl (C=O) groups excluding carboxylic acids is 1. The number of amides is 1. The van der Waals surface area contributed by atoms with E-state index in [9.17, 15) is 4.79 Å². The van der Waals surface area contributed by atoms with Crippen LogP contribution in [0.4, 0.5) is 17.5 Å². The molecule has 5 heterocycles. The number of oxazole rings is 1. The molecule has 0 saturated carbocycles. The van der Waals surface area contributed by atoms with Gasteiger partial charge in [-0.1, -0.05) is 0 Å². The number of primary amides is 1. The molecule has 1 aliphatic rings. The number of anilines is 3. The van der Waals surface area contributed by atoms with Crippen molar-refractivity contribution in [2.24, 2.45) is 12.8 Å². The summed E-state index contributed by atoms with van der Waals surface area (Å²) in [6.07, 6.45) is 8.54. The van der Waals surface area contributed by atoms with Crippen LogP contribution in [0.3, 0.4) is 0 Å². The number of nitrogens with two attached hydrogens (primary N) is 1. The molecule has 36 heavy (non-hydrogen) atoms. The lowest BCUT2D eigenvalue weighted by molar-refractivity contribution is 0.0995. The highest BCUT2D eigenvalue weighted by Gasteiger charge is 2.33. The van der Waals surface area contributed by atoms with Gasteiger partial charge < -0.3 is 25.1 Å². The summed E-state index contributed by atoms with van der Waals surface area (Å²) < 4.78 is 13.4. The van der Waals surface area contributed by atoms with Gasteiger partial charge in [0.05, 0.1) is 30.0 Å². The predicted molar refractivity (Wildman–Crippen MR) is 129 cm³/mol. The smallest absolute Gasteiger partial charge is 0.298 e. The van der Waals surface area contributed by atoms with Crippen LogP contribution in [-0.2, 0) is 13.7 Å². The summed E-state index contributed by atoms with van der Waals surface area (Å²) in [5.74, 6) is 0.380. The van der Waals surface area contributed by atoms with Crippen LogP contribution in [0.2, 0.25) is 0 Å². The number of fused-ring (bicyclic) bond motifs is 1. The van der Waals surface area contributed by atoms with Crippen molar-refractivity contribution in [3.05, 3.63) is 66.1 Å². The van der Waals surface area contributed by atoms with Gasteiger partial charge in [0, 0.05) is 50.1 Å². The average Bonchev–Trinajstić information content (AvgIpc) is 3.58. The monoisotopic (exact) mass is 486 g/mol. The Morgan fingerprint density at radius 2 is 2.17 bits per heavy atom. The molecule has 1 saturated heterocycles. The molecule has 0 radical (unpaired) electrons. The Hall–Kier alpha value is -4.94. The fourth-order valence-electron chi connectivity index (χ4n) is 3.95. The lowest BCUT2D eigenvalue weighted by atomic mass is 9.97. The minimum absolute atomic E-state index is 0.0620. The van der Waals surface area contributed by atoms with E-state index in [0.717, 1.165) is 11.1 Å². The van der Waals surface area contributed by atoms with E-state index in [1.165, 1.54) is 0 Å². The van der Waals surface area contributed by atoms with Gasteiger partial charge in [-0.05, 0) is 12.1 Å². The number of aryl methyl sites for hydroxylation is 1. The Bertz CT molecular complexity index is 1540. The van der Waals surface area contributed by atoms with Gasteiger partial charge in [0.2, 0.25) is 0 Å². The van der Waals surface area contributed by atoms with Gasteiger partial charge in [0.25, 0.3) is 11.9 Å². The number of aromatic amines is 1. The maximum atomic E-state index is 12.0. The largest absolute Gasteiger partial charge is 0.489 e. The zero-order valence-corrected chi connectivity index (χ0v) is 19.3. The number of ether oxygens (including phenoxy) is 1. The van der Waals surface area contributed by atoms with E-state index in [-0.39, 0.29) is 11.6 Å². The van der Waals surface area contributed by atoms with Crippen LogP contribution in [0.1, 0.15) is 27.7 Å². The molecule has 0 atom stereocenters. The van der Waals surface area contributed by atoms with Crippen LogP contribution >= 0.6 is 0 Å². The van der Waals surface area contributed by atoms with Crippen LogP contribution in [0, 0.1) is 0 Å². The van der Waals surface area contributed by atoms with E-state index in [1.807, 2.05) is 23.1 Å². The number of rotatable bonds is 8. The summed E-state index contributed by atoms with van der Waals surface area (Å²) >= 11 is 0. The summed E-state index contributed by atoms with van der Waals surface area (Å²) in [5.41, 5.74) is 9.35. The molecule has 4 aromatic heterocycles. The maximum absolute atomic E-state index is 12.0. The van der Waals surface area contributed by atoms with Crippen molar-refractivity contribution in [1.82, 2.24) is 34.9 Å². The minimum Gasteiger partial charge on any atom is -0.489 e. The number of carbonyl (C=O) groups is 1. The van der Waals surface area contributed by atoms with Crippen LogP contribution in [0.5, 0.6) is 5.75 Å². The summed E-state index contributed by atoms with van der Waals surface area (Å²) in [5, 5.41) is 13.8. The van der Waals surface area contributed by atoms with Crippen molar-refractivity contribution in [2.75, 3.05) is 23.3 Å². The number of benzene rings is 1. The molecule has 1 amide bonds. The van der Waals surface area contributed by atoms with Gasteiger partial charge in [-0.15, -0.1) is 0 Å². The second-order valence-electron chi connectivity index (χ2n) is 8.51. The number of aromatic nitrogens is 7. The van der Waals surface area contributed by atoms with Crippen LogP contribution in [-0.4, -0.2) is 53.9 Å². The third-order valence-electron chi connectivity index (χ3n) is 5.87. The number of hydrogen-bond donors (Lipinski definition) is 3. The SMILES string of the molecule is Cn1cc(Nc2ncc(C3CN(c4nc5ccc(OCc6cn[nH]c6)cc5o4)C3)nc2C(N)=O)cn1. The van der Waals surface area contributed by atoms with E-state index in [2.05, 4.69) is 35.6 Å². The first-order chi connectivity index (χ1) is 17.5. The molecule has 0 aliphatic carbocycles. The molecular formula is C23H22N10O3. The van der Waals surface area contributed by atoms with Crippen LogP contribution < -0.4 is 20.7 Å². The van der Waals surface area contributed by atoms with Crippen molar-refractivity contribution in [3.8, 4) is 5.75 Å². The molecule has 0 bridgehead atoms. The first-order valence-corrected chi connectivity index (χ1v) is 11.2. The normalized spacial score (nSPS) is 13.6. The third kappa shape index (κ3) is 4.17. The van der Waals surface area contributed by atoms with E-state index >= 15 is 0 Å². The molecule has 13 nitrogen and oxygen atoms in total. The molecule has 0 spiro atoms. The quantitative estimate of drug-likeness (QED) is 0.295. The number of hydrogen-bond acceptors (Lipinski definition) is 10. The highest BCUT2D eigenvalue weighted by molar-refractivity contribution is 5.96. The Kier molecular flexibility index (Phi) is 5.21. The van der Waals surface area contributed by atoms with Crippen LogP contribution in [0.15, 0.2) is 53.6 Å². The molecule has 1 aliphatic heterocycles. The predicted octanol–water partition coefficient (Wildman–Crippen LogP) is 2.10. The lowest BCUT2D eigenvalue weighted by Gasteiger charge is -2.37. The Morgan fingerprint density at radius 3 is 2.92 bits per heavy atom. The number of H-pyrrole nitrogens is 1. The van der Waals surface area contributed by atoms with E-state index in [4.69, 9.17) is 14.9 Å². The summed E-state index contributed by atoms with van der Waals surface area (Å²) in [6, 6.07) is 6.06. The van der Waals surface area contributed by atoms with Gasteiger partial charge in [0.15, 0.2) is 17.1 Å². The second kappa shape index (κ2) is 8.69. The zero-order chi connectivity index (χ0) is 24.6.